The highest BCUT2D eigenvalue weighted by Gasteiger charge is 1.91. The van der Waals surface area contributed by atoms with Crippen molar-refractivity contribution in [3.63, 3.8) is 0 Å². The molecule has 0 saturated carbocycles. The fraction of sp³-hybridized carbons (Fsp3) is 0.333. The van der Waals surface area contributed by atoms with E-state index in [0.717, 1.165) is 0 Å². The number of nitrogens with zero attached hydrogens (tertiary/aromatic N) is 5. The summed E-state index contributed by atoms with van der Waals surface area (Å²) in [5.41, 5.74) is 7.89. The van der Waals surface area contributed by atoms with Crippen LogP contribution in [-0.2, 0) is 0 Å². The van der Waals surface area contributed by atoms with Gasteiger partial charge in [0, 0.05) is 4.91 Å². The molecule has 0 aliphatic rings. The first-order valence-corrected chi connectivity index (χ1v) is 3.41. The lowest BCUT2D eigenvalue weighted by Crippen LogP contribution is -1.74. The molecule has 0 aliphatic carbocycles. The van der Waals surface area contributed by atoms with Crippen molar-refractivity contribution in [3.8, 4) is 0 Å². The molecule has 1 N–H and O–H groups in total. The average Bonchev–Trinajstić information content (AvgIpc) is 2.41. The summed E-state index contributed by atoms with van der Waals surface area (Å²) < 4.78 is 0. The van der Waals surface area contributed by atoms with Gasteiger partial charge in [-0.25, -0.2) is 4.98 Å². The van der Waals surface area contributed by atoms with Gasteiger partial charge in [0.15, 0.2) is 5.16 Å². The highest BCUT2D eigenvalue weighted by atomic mass is 32.2. The molecular formula is C3H4N6S. The number of hydrogen-bond acceptors (Lipinski definition) is 4. The number of azide groups is 1. The van der Waals surface area contributed by atoms with Crippen molar-refractivity contribution >= 4 is 11.8 Å². The third kappa shape index (κ3) is 1.96. The molecule has 0 aliphatic heterocycles. The van der Waals surface area contributed by atoms with Crippen LogP contribution >= 0.6 is 11.8 Å². The van der Waals surface area contributed by atoms with E-state index in [-0.39, 0.29) is 0 Å². The quantitative estimate of drug-likeness (QED) is 0.308. The highest BCUT2D eigenvalue weighted by molar-refractivity contribution is 7.99. The summed E-state index contributed by atoms with van der Waals surface area (Å²) >= 11 is 1.30. The second-order valence-corrected chi connectivity index (χ2v) is 2.23. The van der Waals surface area contributed by atoms with Gasteiger partial charge in [0.1, 0.15) is 6.33 Å². The van der Waals surface area contributed by atoms with Crippen molar-refractivity contribution in [1.82, 2.24) is 15.2 Å². The molecule has 0 fully saturated rings. The minimum Gasteiger partial charge on any atom is -0.254 e. The van der Waals surface area contributed by atoms with E-state index < -0.39 is 0 Å². The van der Waals surface area contributed by atoms with Crippen LogP contribution in [0.25, 0.3) is 10.4 Å². The second-order valence-electron chi connectivity index (χ2n) is 1.29. The van der Waals surface area contributed by atoms with E-state index in [1.54, 1.807) is 0 Å². The van der Waals surface area contributed by atoms with E-state index >= 15 is 0 Å². The minimum absolute atomic E-state index is 0.339. The van der Waals surface area contributed by atoms with Crippen LogP contribution in [0.4, 0.5) is 0 Å². The van der Waals surface area contributed by atoms with Crippen LogP contribution in [-0.4, -0.2) is 21.1 Å². The van der Waals surface area contributed by atoms with E-state index in [1.807, 2.05) is 0 Å². The van der Waals surface area contributed by atoms with Gasteiger partial charge in [0.2, 0.25) is 0 Å². The third-order valence-electron chi connectivity index (χ3n) is 0.715. The van der Waals surface area contributed by atoms with Crippen LogP contribution in [0.3, 0.4) is 0 Å². The first-order chi connectivity index (χ1) is 4.93. The molecular weight excluding hydrogens is 152 g/mol. The fourth-order valence-corrected chi connectivity index (χ4v) is 0.850. The van der Waals surface area contributed by atoms with Crippen LogP contribution < -0.4 is 0 Å². The lowest BCUT2D eigenvalue weighted by molar-refractivity contribution is 0.972. The number of hydrogen-bond donors (Lipinski definition) is 1. The number of nitrogens with one attached hydrogen (secondary N) is 1. The molecule has 1 heterocycles. The van der Waals surface area contributed by atoms with Gasteiger partial charge in [0.25, 0.3) is 0 Å². The topological polar surface area (TPSA) is 90.3 Å². The van der Waals surface area contributed by atoms with Crippen molar-refractivity contribution in [2.45, 2.75) is 5.16 Å². The van der Waals surface area contributed by atoms with Crippen molar-refractivity contribution in [2.75, 3.05) is 5.88 Å². The van der Waals surface area contributed by atoms with Gasteiger partial charge >= 0.3 is 0 Å². The summed E-state index contributed by atoms with van der Waals surface area (Å²) in [5.74, 6) is 0.339. The smallest absolute Gasteiger partial charge is 0.183 e. The Balaban J connectivity index is 2.34. The predicted molar refractivity (Wildman–Crippen MR) is 36.3 cm³/mol. The molecule has 1 rings (SSSR count). The van der Waals surface area contributed by atoms with Gasteiger partial charge in [-0.3, -0.25) is 5.10 Å². The zero-order valence-electron chi connectivity index (χ0n) is 4.93. The van der Waals surface area contributed by atoms with Crippen LogP contribution in [0.15, 0.2) is 16.6 Å². The lowest BCUT2D eigenvalue weighted by atomic mass is 11.3. The van der Waals surface area contributed by atoms with Crippen molar-refractivity contribution in [2.24, 2.45) is 5.11 Å². The van der Waals surface area contributed by atoms with Gasteiger partial charge in [-0.2, -0.15) is 5.10 Å². The maximum atomic E-state index is 7.89. The molecule has 1 aromatic heterocycles. The first-order valence-electron chi connectivity index (χ1n) is 2.42. The van der Waals surface area contributed by atoms with Gasteiger partial charge in [-0.15, -0.1) is 0 Å². The molecule has 0 atom stereocenters. The largest absolute Gasteiger partial charge is 0.254 e. The highest BCUT2D eigenvalue weighted by Crippen LogP contribution is 2.09. The molecule has 1 aromatic rings. The molecule has 52 valence electrons. The number of aromatic nitrogens is 3. The summed E-state index contributed by atoms with van der Waals surface area (Å²) in [6, 6.07) is 0. The Morgan fingerprint density at radius 1 is 1.90 bits per heavy atom. The minimum atomic E-state index is 0.339. The Kier molecular flexibility index (Phi) is 2.60. The van der Waals surface area contributed by atoms with Crippen LogP contribution in [0, 0.1) is 0 Å². The Hall–Kier alpha value is -1.20. The molecule has 0 unspecified atom stereocenters. The standard InChI is InChI=1S/C3H4N6S/c4-9-7-2-10-3-5-1-6-8-3/h1H,2H2,(H,5,6,8). The molecule has 0 amide bonds. The third-order valence-corrected chi connectivity index (χ3v) is 1.43. The van der Waals surface area contributed by atoms with Crippen LogP contribution in [0.5, 0.6) is 0 Å². The molecule has 0 saturated heterocycles. The maximum absolute atomic E-state index is 7.89. The van der Waals surface area contributed by atoms with Gasteiger partial charge in [-0.05, 0) is 5.53 Å². The predicted octanol–water partition coefficient (Wildman–Crippen LogP) is 1.16. The average molecular weight is 156 g/mol. The molecule has 10 heavy (non-hydrogen) atoms. The normalized spacial score (nSPS) is 8.80. The van der Waals surface area contributed by atoms with Gasteiger partial charge < -0.3 is 0 Å². The Morgan fingerprint density at radius 2 is 2.80 bits per heavy atom. The fourth-order valence-electron chi connectivity index (χ4n) is 0.380. The first kappa shape index (κ1) is 6.91. The molecule has 6 nitrogen and oxygen atoms in total. The number of thioether (sulfide) groups is 1. The van der Waals surface area contributed by atoms with Crippen LogP contribution in [0.1, 0.15) is 0 Å². The summed E-state index contributed by atoms with van der Waals surface area (Å²) in [6.07, 6.45) is 1.40. The van der Waals surface area contributed by atoms with Crippen molar-refractivity contribution in [3.05, 3.63) is 16.8 Å². The Bertz CT molecular complexity index is 223. The van der Waals surface area contributed by atoms with E-state index in [9.17, 15) is 0 Å². The van der Waals surface area contributed by atoms with Gasteiger partial charge in [0.05, 0.1) is 5.88 Å². The molecule has 0 bridgehead atoms. The summed E-state index contributed by atoms with van der Waals surface area (Å²) in [5, 5.41) is 10.2. The lowest BCUT2D eigenvalue weighted by Gasteiger charge is -1.85. The van der Waals surface area contributed by atoms with Crippen LogP contribution in [0.2, 0.25) is 0 Å². The summed E-state index contributed by atoms with van der Waals surface area (Å²) in [7, 11) is 0. The van der Waals surface area contributed by atoms with Crippen molar-refractivity contribution < 1.29 is 0 Å². The summed E-state index contributed by atoms with van der Waals surface area (Å²) in [6.45, 7) is 0. The SMILES string of the molecule is [N-]=[N+]=NCSc1ncn[nH]1. The van der Waals surface area contributed by atoms with Gasteiger partial charge in [-0.1, -0.05) is 16.9 Å². The van der Waals surface area contributed by atoms with E-state index in [1.165, 1.54) is 18.1 Å². The molecule has 0 aromatic carbocycles. The number of H-pyrrole nitrogens is 1. The monoisotopic (exact) mass is 156 g/mol. The summed E-state index contributed by atoms with van der Waals surface area (Å²) in [4.78, 5) is 6.38. The molecule has 7 heteroatoms. The number of aromatic amines is 1. The van der Waals surface area contributed by atoms with E-state index in [0.29, 0.717) is 11.0 Å². The van der Waals surface area contributed by atoms with E-state index in [2.05, 4.69) is 25.2 Å². The molecule has 0 radical (unpaired) electrons. The zero-order chi connectivity index (χ0) is 7.23. The second kappa shape index (κ2) is 3.76. The maximum Gasteiger partial charge on any atom is 0.183 e. The number of rotatable bonds is 3. The van der Waals surface area contributed by atoms with Crippen molar-refractivity contribution in [1.29, 1.82) is 0 Å². The van der Waals surface area contributed by atoms with E-state index in [4.69, 9.17) is 5.53 Å². The Labute approximate surface area is 60.7 Å². The molecule has 0 spiro atoms. The zero-order valence-corrected chi connectivity index (χ0v) is 5.75. The Morgan fingerprint density at radius 3 is 3.40 bits per heavy atom.